The summed E-state index contributed by atoms with van der Waals surface area (Å²) in [4.78, 5) is 109. The number of hydrogen-bond donors (Lipinski definition) is 12. The summed E-state index contributed by atoms with van der Waals surface area (Å²) >= 11 is 0. The van der Waals surface area contributed by atoms with Crippen LogP contribution in [0.2, 0.25) is 0 Å². The van der Waals surface area contributed by atoms with Crippen LogP contribution in [-0.4, -0.2) is 151 Å². The summed E-state index contributed by atoms with van der Waals surface area (Å²) in [6.45, 7) is 0.996. The van der Waals surface area contributed by atoms with Crippen molar-refractivity contribution in [1.82, 2.24) is 41.5 Å². The molecule has 2 rings (SSSR count). The Labute approximate surface area is 304 Å². The number of primary amides is 1. The Kier molecular flexibility index (Phi) is 17.7. The highest BCUT2D eigenvalue weighted by molar-refractivity contribution is 5.97. The SMILES string of the molecule is CC(C)C[C@H](NC(=O)[C@@H](N)CO)C(=O)N[C@@H](CO)C(=O)N[C@@H](Cc1cnc[nH]1)C(=O)N[C@@H](CO)C(=O)N1CCC[C@H]1C(=O)N[C@@H](CCC(N)=O)C(=O)O. The summed E-state index contributed by atoms with van der Waals surface area (Å²) in [5.41, 5.74) is 11.0. The van der Waals surface area contributed by atoms with Crippen molar-refractivity contribution in [3.8, 4) is 0 Å². The standard InChI is InChI=1S/C31H50N10O12/c1-15(2)8-19(37-25(46)17(32)11-42)26(47)39-21(12-43)28(49)38-20(9-16-10-34-14-35-16)27(48)40-22(13-44)30(51)41-7-3-4-23(41)29(50)36-18(31(52)53)5-6-24(33)45/h10,14-15,17-23,42-44H,3-9,11-13,32H2,1-2H3,(H2,33,45)(H,34,35)(H,36,50)(H,37,46)(H,38,49)(H,39,47)(H,40,48)(H,52,53)/t17-,18-,19-,20-,21-,22-,23-/m0/s1. The van der Waals surface area contributed by atoms with Gasteiger partial charge < -0.3 is 68.4 Å². The summed E-state index contributed by atoms with van der Waals surface area (Å²) < 4.78 is 0. The van der Waals surface area contributed by atoms with Crippen LogP contribution in [0.25, 0.3) is 0 Å². The Bertz CT molecular complexity index is 1440. The summed E-state index contributed by atoms with van der Waals surface area (Å²) in [5.74, 6) is -7.73. The van der Waals surface area contributed by atoms with E-state index in [0.717, 1.165) is 4.90 Å². The highest BCUT2D eigenvalue weighted by Crippen LogP contribution is 2.19. The van der Waals surface area contributed by atoms with Gasteiger partial charge in [-0.2, -0.15) is 0 Å². The van der Waals surface area contributed by atoms with Gasteiger partial charge in [-0.05, 0) is 31.6 Å². The van der Waals surface area contributed by atoms with Crippen molar-refractivity contribution in [3.63, 3.8) is 0 Å². The van der Waals surface area contributed by atoms with Crippen molar-refractivity contribution < 1.29 is 58.8 Å². The third-order valence-electron chi connectivity index (χ3n) is 8.23. The number of carbonyl (C=O) groups is 8. The maximum atomic E-state index is 13.6. The molecule has 0 saturated carbocycles. The molecule has 7 atom stereocenters. The lowest BCUT2D eigenvalue weighted by atomic mass is 10.0. The van der Waals surface area contributed by atoms with Crippen LogP contribution in [0.5, 0.6) is 0 Å². The van der Waals surface area contributed by atoms with E-state index in [2.05, 4.69) is 36.6 Å². The number of nitrogens with one attached hydrogen (secondary N) is 6. The molecule has 14 N–H and O–H groups in total. The van der Waals surface area contributed by atoms with E-state index in [1.54, 1.807) is 13.8 Å². The van der Waals surface area contributed by atoms with Crippen molar-refractivity contribution in [2.24, 2.45) is 17.4 Å². The van der Waals surface area contributed by atoms with Crippen molar-refractivity contribution >= 4 is 47.3 Å². The Hall–Kier alpha value is -5.19. The van der Waals surface area contributed by atoms with Gasteiger partial charge in [-0.25, -0.2) is 9.78 Å². The number of imidazole rings is 1. The van der Waals surface area contributed by atoms with E-state index >= 15 is 0 Å². The number of aromatic nitrogens is 2. The number of carboxylic acid groups (broad SMARTS) is 1. The molecule has 7 amide bonds. The average Bonchev–Trinajstić information content (AvgIpc) is 3.82. The molecule has 1 fully saturated rings. The molecule has 296 valence electrons. The Balaban J connectivity index is 2.21. The predicted molar refractivity (Wildman–Crippen MR) is 181 cm³/mol. The first-order chi connectivity index (χ1) is 25.0. The number of carbonyl (C=O) groups excluding carboxylic acids is 7. The molecule has 0 unspecified atom stereocenters. The minimum absolute atomic E-state index is 0.0265. The third-order valence-corrected chi connectivity index (χ3v) is 8.23. The number of rotatable bonds is 22. The van der Waals surface area contributed by atoms with Gasteiger partial charge in [-0.3, -0.25) is 33.6 Å². The zero-order valence-corrected chi connectivity index (χ0v) is 29.4. The van der Waals surface area contributed by atoms with E-state index in [1.165, 1.54) is 12.5 Å². The van der Waals surface area contributed by atoms with Gasteiger partial charge in [0.1, 0.15) is 42.3 Å². The molecule has 1 saturated heterocycles. The van der Waals surface area contributed by atoms with Crippen LogP contribution >= 0.6 is 0 Å². The Morgan fingerprint density at radius 3 is 1.98 bits per heavy atom. The molecule has 0 aliphatic carbocycles. The summed E-state index contributed by atoms with van der Waals surface area (Å²) in [5, 5.41) is 50.6. The molecular weight excluding hydrogens is 704 g/mol. The number of carboxylic acids is 1. The van der Waals surface area contributed by atoms with Crippen LogP contribution < -0.4 is 38.1 Å². The molecule has 0 aromatic carbocycles. The molecule has 0 radical (unpaired) electrons. The second-order valence-corrected chi connectivity index (χ2v) is 12.9. The first-order valence-corrected chi connectivity index (χ1v) is 16.9. The first kappa shape index (κ1) is 44.0. The van der Waals surface area contributed by atoms with Crippen molar-refractivity contribution in [1.29, 1.82) is 0 Å². The topological polar surface area (TPSA) is 362 Å². The average molecular weight is 755 g/mol. The van der Waals surface area contributed by atoms with Crippen molar-refractivity contribution in [2.75, 3.05) is 26.4 Å². The number of amides is 7. The molecule has 1 aromatic rings. The van der Waals surface area contributed by atoms with Crippen molar-refractivity contribution in [2.45, 2.75) is 94.7 Å². The zero-order chi connectivity index (χ0) is 39.8. The highest BCUT2D eigenvalue weighted by Gasteiger charge is 2.40. The fourth-order valence-corrected chi connectivity index (χ4v) is 5.40. The van der Waals surface area contributed by atoms with Gasteiger partial charge >= 0.3 is 5.97 Å². The molecule has 1 aliphatic heterocycles. The van der Waals surface area contributed by atoms with Crippen LogP contribution in [0, 0.1) is 5.92 Å². The number of hydrogen-bond acceptors (Lipinski definition) is 13. The van der Waals surface area contributed by atoms with E-state index in [-0.39, 0.29) is 44.6 Å². The smallest absolute Gasteiger partial charge is 0.326 e. The van der Waals surface area contributed by atoms with Gasteiger partial charge in [-0.1, -0.05) is 13.8 Å². The fraction of sp³-hybridized carbons (Fsp3) is 0.645. The quantitative estimate of drug-likeness (QED) is 0.0525. The van der Waals surface area contributed by atoms with E-state index in [9.17, 15) is 58.8 Å². The van der Waals surface area contributed by atoms with Crippen LogP contribution in [-0.2, 0) is 44.8 Å². The number of aromatic amines is 1. The van der Waals surface area contributed by atoms with Gasteiger partial charge in [0.25, 0.3) is 0 Å². The van der Waals surface area contributed by atoms with Crippen LogP contribution in [0.3, 0.4) is 0 Å². The van der Waals surface area contributed by atoms with Gasteiger partial charge in [0.05, 0.1) is 26.1 Å². The van der Waals surface area contributed by atoms with Crippen molar-refractivity contribution in [3.05, 3.63) is 18.2 Å². The van der Waals surface area contributed by atoms with Crippen LogP contribution in [0.4, 0.5) is 0 Å². The molecule has 22 nitrogen and oxygen atoms in total. The zero-order valence-electron chi connectivity index (χ0n) is 29.4. The van der Waals surface area contributed by atoms with Crippen LogP contribution in [0.1, 0.15) is 51.6 Å². The van der Waals surface area contributed by atoms with Gasteiger partial charge in [0.2, 0.25) is 41.4 Å². The normalized spacial score (nSPS) is 17.4. The lowest BCUT2D eigenvalue weighted by Crippen LogP contribution is -2.61. The molecule has 1 aliphatic rings. The fourth-order valence-electron chi connectivity index (χ4n) is 5.40. The maximum Gasteiger partial charge on any atom is 0.326 e. The lowest BCUT2D eigenvalue weighted by molar-refractivity contribution is -0.145. The minimum atomic E-state index is -1.63. The van der Waals surface area contributed by atoms with Gasteiger partial charge in [-0.15, -0.1) is 0 Å². The maximum absolute atomic E-state index is 13.6. The second-order valence-electron chi connectivity index (χ2n) is 12.9. The van der Waals surface area contributed by atoms with E-state index in [0.29, 0.717) is 12.1 Å². The first-order valence-electron chi connectivity index (χ1n) is 16.9. The Morgan fingerprint density at radius 2 is 1.43 bits per heavy atom. The van der Waals surface area contributed by atoms with Gasteiger partial charge in [0, 0.05) is 31.3 Å². The Morgan fingerprint density at radius 1 is 0.849 bits per heavy atom. The number of aliphatic carboxylic acids is 1. The van der Waals surface area contributed by atoms with Crippen LogP contribution in [0.15, 0.2) is 12.5 Å². The molecule has 53 heavy (non-hydrogen) atoms. The number of aliphatic hydroxyl groups is 3. The summed E-state index contributed by atoms with van der Waals surface area (Å²) in [6, 6.07) is -9.89. The monoisotopic (exact) mass is 754 g/mol. The number of H-pyrrole nitrogens is 1. The summed E-state index contributed by atoms with van der Waals surface area (Å²) in [7, 11) is 0. The number of nitrogens with two attached hydrogens (primary N) is 2. The number of likely N-dealkylation sites (tertiary alicyclic amines) is 1. The largest absolute Gasteiger partial charge is 0.480 e. The molecule has 0 bridgehead atoms. The molecule has 1 aromatic heterocycles. The molecule has 0 spiro atoms. The number of nitrogens with zero attached hydrogens (tertiary/aromatic N) is 2. The predicted octanol–water partition coefficient (Wildman–Crippen LogP) is -5.93. The molecular formula is C31H50N10O12. The van der Waals surface area contributed by atoms with E-state index in [4.69, 9.17) is 11.5 Å². The summed E-state index contributed by atoms with van der Waals surface area (Å²) in [6.07, 6.45) is 2.38. The molecule has 22 heteroatoms. The lowest BCUT2D eigenvalue weighted by Gasteiger charge is -2.30. The van der Waals surface area contributed by atoms with E-state index in [1.807, 2.05) is 0 Å². The third kappa shape index (κ3) is 13.7. The second kappa shape index (κ2) is 21.4. The molecule has 2 heterocycles. The van der Waals surface area contributed by atoms with E-state index < -0.39 is 109 Å². The highest BCUT2D eigenvalue weighted by atomic mass is 16.4. The number of aliphatic hydroxyl groups excluding tert-OH is 3. The minimum Gasteiger partial charge on any atom is -0.480 e. The van der Waals surface area contributed by atoms with Gasteiger partial charge in [0.15, 0.2) is 0 Å².